The van der Waals surface area contributed by atoms with Crippen molar-refractivity contribution >= 4 is 23.2 Å². The molecule has 3 aromatic rings. The van der Waals surface area contributed by atoms with E-state index in [1.54, 1.807) is 12.1 Å². The first kappa shape index (κ1) is 36.7. The molecule has 0 saturated heterocycles. The molecular weight excluding hydrogens is 618 g/mol. The fourth-order valence-electron chi connectivity index (χ4n) is 5.80. The fraction of sp³-hybridized carbons (Fsp3) is 0.457. The highest BCUT2D eigenvalue weighted by Gasteiger charge is 2.22. The van der Waals surface area contributed by atoms with Crippen molar-refractivity contribution in [3.8, 4) is 11.5 Å². The minimum Gasteiger partial charge on any atom is -0.505 e. The van der Waals surface area contributed by atoms with Gasteiger partial charge in [0.05, 0.1) is 61.0 Å². The molecule has 8 N–H and O–H groups in total. The molecule has 2 aromatic carbocycles. The number of benzene rings is 2. The summed E-state index contributed by atoms with van der Waals surface area (Å²) in [5, 5.41) is 65.0. The van der Waals surface area contributed by atoms with Crippen LogP contribution in [-0.2, 0) is 35.8 Å². The number of phenols is 2. The van der Waals surface area contributed by atoms with Gasteiger partial charge >= 0.3 is 0 Å². The number of aryl methyl sites for hydroxylation is 2. The number of phenolic OH excluding ortho intramolecular Hbond substituents is 2. The quantitative estimate of drug-likeness (QED) is 0.132. The van der Waals surface area contributed by atoms with E-state index in [0.717, 1.165) is 35.4 Å². The number of pyridine rings is 1. The first-order valence-corrected chi connectivity index (χ1v) is 16.1. The lowest BCUT2D eigenvalue weighted by molar-refractivity contribution is -0.123. The largest absolute Gasteiger partial charge is 0.505 e. The van der Waals surface area contributed by atoms with Crippen molar-refractivity contribution in [1.29, 1.82) is 0 Å². The van der Waals surface area contributed by atoms with Gasteiger partial charge < -0.3 is 41.3 Å². The summed E-state index contributed by atoms with van der Waals surface area (Å²) in [6, 6.07) is 12.9. The van der Waals surface area contributed by atoms with Crippen LogP contribution in [0.25, 0.3) is 0 Å². The van der Waals surface area contributed by atoms with Gasteiger partial charge in [-0.1, -0.05) is 18.2 Å². The lowest BCUT2D eigenvalue weighted by atomic mass is 10.1. The van der Waals surface area contributed by atoms with Crippen LogP contribution < -0.4 is 10.6 Å². The summed E-state index contributed by atoms with van der Waals surface area (Å²) in [5.41, 5.74) is 5.08. The van der Waals surface area contributed by atoms with Crippen molar-refractivity contribution in [2.24, 2.45) is 11.8 Å². The number of aliphatic hydroxyl groups is 4. The Morgan fingerprint density at radius 1 is 0.708 bits per heavy atom. The van der Waals surface area contributed by atoms with Crippen LogP contribution in [0.4, 0.5) is 11.4 Å². The van der Waals surface area contributed by atoms with Crippen LogP contribution >= 0.6 is 0 Å². The molecule has 13 heteroatoms. The summed E-state index contributed by atoms with van der Waals surface area (Å²) >= 11 is 0. The predicted octanol–water partition coefficient (Wildman–Crippen LogP) is 1.99. The monoisotopic (exact) mass is 665 g/mol. The number of fused-ring (bicyclic) bond motifs is 2. The first-order chi connectivity index (χ1) is 23.0. The third-order valence-corrected chi connectivity index (χ3v) is 8.43. The smallest absolute Gasteiger partial charge is 0.232 e. The SMILES string of the molecule is Cc1cc(CN2CCCCN(Cc3cc(C)cc(NC(=O)C(CO)CO)c3O)Cc3cccc(n3)C2)c(O)c(NC(=O)C(CO)CO)c1. The van der Waals surface area contributed by atoms with Gasteiger partial charge in [0, 0.05) is 37.3 Å². The molecule has 0 atom stereocenters. The summed E-state index contributed by atoms with van der Waals surface area (Å²) in [6.07, 6.45) is 1.67. The molecule has 2 bridgehead atoms. The van der Waals surface area contributed by atoms with Gasteiger partial charge in [0.25, 0.3) is 0 Å². The number of carbonyl (C=O) groups excluding carboxylic acids is 2. The Morgan fingerprint density at radius 2 is 1.10 bits per heavy atom. The van der Waals surface area contributed by atoms with Crippen LogP contribution in [0.2, 0.25) is 0 Å². The van der Waals surface area contributed by atoms with Crippen LogP contribution in [0.5, 0.6) is 11.5 Å². The molecule has 0 aliphatic carbocycles. The van der Waals surface area contributed by atoms with Crippen molar-refractivity contribution in [1.82, 2.24) is 14.8 Å². The second-order valence-corrected chi connectivity index (χ2v) is 12.5. The van der Waals surface area contributed by atoms with Gasteiger partial charge in [0.2, 0.25) is 11.8 Å². The number of nitrogens with one attached hydrogen (secondary N) is 2. The molecule has 2 amide bonds. The molecule has 1 aromatic heterocycles. The summed E-state index contributed by atoms with van der Waals surface area (Å²) < 4.78 is 0. The lowest BCUT2D eigenvalue weighted by Crippen LogP contribution is -2.29. The van der Waals surface area contributed by atoms with Crippen molar-refractivity contribution in [3.05, 3.63) is 76.1 Å². The molecule has 2 heterocycles. The number of aromatic hydroxyl groups is 2. The molecule has 0 fully saturated rings. The Kier molecular flexibility index (Phi) is 13.3. The normalized spacial score (nSPS) is 14.6. The Labute approximate surface area is 280 Å². The number of aromatic nitrogens is 1. The van der Waals surface area contributed by atoms with Crippen molar-refractivity contribution in [3.63, 3.8) is 0 Å². The zero-order chi connectivity index (χ0) is 34.8. The summed E-state index contributed by atoms with van der Waals surface area (Å²) in [7, 11) is 0. The third kappa shape index (κ3) is 9.72. The summed E-state index contributed by atoms with van der Waals surface area (Å²) in [5.74, 6) is -3.28. The molecular formula is C35H47N5O8. The lowest BCUT2D eigenvalue weighted by Gasteiger charge is -2.24. The number of nitrogens with zero attached hydrogens (tertiary/aromatic N) is 3. The molecule has 1 aliphatic rings. The molecule has 260 valence electrons. The van der Waals surface area contributed by atoms with E-state index in [1.807, 2.05) is 44.2 Å². The van der Waals surface area contributed by atoms with E-state index in [1.165, 1.54) is 0 Å². The predicted molar refractivity (Wildman–Crippen MR) is 180 cm³/mol. The number of amides is 2. The Hall–Kier alpha value is -4.11. The average molecular weight is 666 g/mol. The van der Waals surface area contributed by atoms with E-state index in [0.29, 0.717) is 50.4 Å². The van der Waals surface area contributed by atoms with E-state index in [9.17, 15) is 40.2 Å². The molecule has 48 heavy (non-hydrogen) atoms. The van der Waals surface area contributed by atoms with Gasteiger partial charge in [-0.3, -0.25) is 24.4 Å². The van der Waals surface area contributed by atoms with E-state index < -0.39 is 50.1 Å². The van der Waals surface area contributed by atoms with Crippen molar-refractivity contribution in [2.45, 2.75) is 52.9 Å². The number of hydrogen-bond acceptors (Lipinski definition) is 11. The summed E-state index contributed by atoms with van der Waals surface area (Å²) in [6.45, 7) is 4.95. The van der Waals surface area contributed by atoms with Gasteiger partial charge in [0.1, 0.15) is 11.5 Å². The highest BCUT2D eigenvalue weighted by atomic mass is 16.3. The number of aliphatic hydroxyl groups excluding tert-OH is 4. The van der Waals surface area contributed by atoms with Crippen LogP contribution in [0.1, 0.15) is 46.5 Å². The Morgan fingerprint density at radius 3 is 1.48 bits per heavy atom. The van der Waals surface area contributed by atoms with Crippen LogP contribution in [0.3, 0.4) is 0 Å². The van der Waals surface area contributed by atoms with Gasteiger partial charge in [0.15, 0.2) is 0 Å². The minimum absolute atomic E-state index is 0.0671. The summed E-state index contributed by atoms with van der Waals surface area (Å²) in [4.78, 5) is 34.3. The molecule has 4 rings (SSSR count). The molecule has 0 radical (unpaired) electrons. The highest BCUT2D eigenvalue weighted by molar-refractivity contribution is 5.95. The number of hydrogen-bond donors (Lipinski definition) is 8. The van der Waals surface area contributed by atoms with Crippen LogP contribution in [-0.4, -0.2) is 96.8 Å². The van der Waals surface area contributed by atoms with E-state index in [4.69, 9.17) is 4.98 Å². The molecule has 13 nitrogen and oxygen atoms in total. The van der Waals surface area contributed by atoms with E-state index in [2.05, 4.69) is 20.4 Å². The number of carbonyl (C=O) groups is 2. The first-order valence-electron chi connectivity index (χ1n) is 16.1. The maximum atomic E-state index is 12.5. The zero-order valence-corrected chi connectivity index (χ0v) is 27.5. The van der Waals surface area contributed by atoms with Crippen LogP contribution in [0.15, 0.2) is 42.5 Å². The molecule has 1 aliphatic heterocycles. The second kappa shape index (κ2) is 17.3. The second-order valence-electron chi connectivity index (χ2n) is 12.5. The average Bonchev–Trinajstić information content (AvgIpc) is 3.06. The van der Waals surface area contributed by atoms with E-state index >= 15 is 0 Å². The maximum absolute atomic E-state index is 12.5. The van der Waals surface area contributed by atoms with Crippen molar-refractivity contribution in [2.75, 3.05) is 50.2 Å². The zero-order valence-electron chi connectivity index (χ0n) is 27.5. The standard InChI is InChI=1S/C35H47N5O8/c1-22-10-24(32(45)30(12-22)37-34(47)26(18-41)19-42)14-39-8-3-4-9-40(17-29-7-5-6-28(16-39)36-29)15-25-11-23(2)13-31(33(25)46)38-35(48)27(20-43)21-44/h5-7,10-13,26-27,41-46H,3-4,8-9,14-21H2,1-2H3,(H,37,47)(H,38,48). The van der Waals surface area contributed by atoms with Gasteiger partial charge in [-0.25, -0.2) is 0 Å². The molecule has 0 spiro atoms. The number of anilines is 2. The van der Waals surface area contributed by atoms with Crippen LogP contribution in [0, 0.1) is 25.7 Å². The maximum Gasteiger partial charge on any atom is 0.232 e. The van der Waals surface area contributed by atoms with Crippen molar-refractivity contribution < 1.29 is 40.2 Å². The minimum atomic E-state index is -0.994. The molecule has 0 saturated carbocycles. The third-order valence-electron chi connectivity index (χ3n) is 8.43. The highest BCUT2D eigenvalue weighted by Crippen LogP contribution is 2.33. The fourth-order valence-corrected chi connectivity index (χ4v) is 5.80. The molecule has 0 unspecified atom stereocenters. The van der Waals surface area contributed by atoms with Gasteiger partial charge in [-0.2, -0.15) is 0 Å². The van der Waals surface area contributed by atoms with E-state index in [-0.39, 0.29) is 22.9 Å². The van der Waals surface area contributed by atoms with Gasteiger partial charge in [-0.15, -0.1) is 0 Å². The Balaban J connectivity index is 1.50. The Bertz CT molecular complexity index is 1450. The topological polar surface area (TPSA) is 199 Å². The number of rotatable bonds is 12. The van der Waals surface area contributed by atoms with Gasteiger partial charge in [-0.05, 0) is 75.2 Å².